The quantitative estimate of drug-likeness (QED) is 0.799. The molecule has 1 atom stereocenters. The predicted octanol–water partition coefficient (Wildman–Crippen LogP) is 3.08. The molecule has 1 aromatic rings. The van der Waals surface area contributed by atoms with Crippen LogP contribution in [0.25, 0.3) is 0 Å². The Morgan fingerprint density at radius 2 is 2.24 bits per heavy atom. The van der Waals surface area contributed by atoms with Crippen molar-refractivity contribution in [1.82, 2.24) is 4.90 Å². The number of carbonyl (C=O) groups is 1. The third-order valence-corrected chi connectivity index (χ3v) is 4.65. The van der Waals surface area contributed by atoms with Gasteiger partial charge in [0.05, 0.1) is 0 Å². The van der Waals surface area contributed by atoms with Crippen LogP contribution in [0, 0.1) is 5.92 Å². The fraction of sp³-hybridized carbons (Fsp3) is 0.643. The summed E-state index contributed by atoms with van der Waals surface area (Å²) in [5.74, 6) is 0.829. The molecule has 2 nitrogen and oxygen atoms in total. The van der Waals surface area contributed by atoms with Gasteiger partial charge in [-0.25, -0.2) is 0 Å². The van der Waals surface area contributed by atoms with E-state index in [0.29, 0.717) is 11.7 Å². The maximum absolute atomic E-state index is 11.7. The molecule has 3 rings (SSSR count). The number of ketones is 1. The summed E-state index contributed by atoms with van der Waals surface area (Å²) in [5, 5.41) is 4.37. The van der Waals surface area contributed by atoms with Crippen LogP contribution in [-0.4, -0.2) is 23.3 Å². The molecule has 2 aliphatic rings. The smallest absolute Gasteiger partial charge is 0.137 e. The lowest BCUT2D eigenvalue weighted by atomic mass is 10.1. The third-order valence-electron chi connectivity index (χ3n) is 3.92. The van der Waals surface area contributed by atoms with Gasteiger partial charge in [-0.15, -0.1) is 0 Å². The molecule has 1 aromatic heterocycles. The van der Waals surface area contributed by atoms with Gasteiger partial charge in [-0.3, -0.25) is 9.69 Å². The Balaban J connectivity index is 1.62. The number of nitrogens with zero attached hydrogens (tertiary/aromatic N) is 1. The van der Waals surface area contributed by atoms with E-state index in [1.165, 1.54) is 18.4 Å². The van der Waals surface area contributed by atoms with Crippen LogP contribution in [0.1, 0.15) is 37.7 Å². The van der Waals surface area contributed by atoms with Crippen molar-refractivity contribution in [2.75, 3.05) is 6.54 Å². The summed E-state index contributed by atoms with van der Waals surface area (Å²) in [6.07, 6.45) is 5.70. The fourth-order valence-corrected chi connectivity index (χ4v) is 3.42. The molecule has 0 bridgehead atoms. The highest BCUT2D eigenvalue weighted by Gasteiger charge is 2.33. The lowest BCUT2D eigenvalue weighted by Gasteiger charge is -2.24. The normalized spacial score (nSPS) is 24.8. The number of hydrogen-bond acceptors (Lipinski definition) is 3. The molecule has 0 N–H and O–H groups in total. The maximum atomic E-state index is 11.7. The number of hydrogen-bond donors (Lipinski definition) is 0. The summed E-state index contributed by atoms with van der Waals surface area (Å²) in [7, 11) is 0. The van der Waals surface area contributed by atoms with E-state index >= 15 is 0 Å². The highest BCUT2D eigenvalue weighted by molar-refractivity contribution is 7.07. The van der Waals surface area contributed by atoms with Crippen molar-refractivity contribution in [1.29, 1.82) is 0 Å². The molecule has 1 unspecified atom stereocenters. The standard InChI is InChI=1S/C14H19NOS/c16-14-3-1-2-12(14)9-15(13-4-5-13)8-11-6-7-17-10-11/h6-7,10,12-13H,1-5,8-9H2. The fourth-order valence-electron chi connectivity index (χ4n) is 2.76. The Labute approximate surface area is 107 Å². The molecule has 17 heavy (non-hydrogen) atoms. The summed E-state index contributed by atoms with van der Waals surface area (Å²) in [6, 6.07) is 2.96. The van der Waals surface area contributed by atoms with Crippen LogP contribution in [-0.2, 0) is 11.3 Å². The van der Waals surface area contributed by atoms with Crippen LogP contribution in [0.15, 0.2) is 16.8 Å². The molecule has 0 aromatic carbocycles. The van der Waals surface area contributed by atoms with Crippen LogP contribution >= 0.6 is 11.3 Å². The molecule has 2 aliphatic carbocycles. The van der Waals surface area contributed by atoms with Gasteiger partial charge in [-0.2, -0.15) is 11.3 Å². The van der Waals surface area contributed by atoms with Gasteiger partial charge in [0.2, 0.25) is 0 Å². The summed E-state index contributed by atoms with van der Waals surface area (Å²) in [4.78, 5) is 14.3. The molecule has 0 spiro atoms. The van der Waals surface area contributed by atoms with Crippen molar-refractivity contribution in [3.63, 3.8) is 0 Å². The van der Waals surface area contributed by atoms with E-state index < -0.39 is 0 Å². The SMILES string of the molecule is O=C1CCCC1CN(Cc1ccsc1)C1CC1. The van der Waals surface area contributed by atoms with Crippen LogP contribution < -0.4 is 0 Å². The zero-order chi connectivity index (χ0) is 11.7. The molecular formula is C14H19NOS. The predicted molar refractivity (Wildman–Crippen MR) is 70.1 cm³/mol. The van der Waals surface area contributed by atoms with Crippen molar-refractivity contribution in [3.05, 3.63) is 22.4 Å². The topological polar surface area (TPSA) is 20.3 Å². The van der Waals surface area contributed by atoms with Crippen LogP contribution in [0.3, 0.4) is 0 Å². The van der Waals surface area contributed by atoms with E-state index in [0.717, 1.165) is 38.4 Å². The second kappa shape index (κ2) is 4.91. The molecule has 0 saturated heterocycles. The highest BCUT2D eigenvalue weighted by atomic mass is 32.1. The van der Waals surface area contributed by atoms with E-state index in [1.807, 2.05) is 0 Å². The number of carbonyl (C=O) groups excluding carboxylic acids is 1. The molecule has 1 heterocycles. The molecule has 0 amide bonds. The number of rotatable bonds is 5. The molecule has 0 aliphatic heterocycles. The first-order valence-corrected chi connectivity index (χ1v) is 7.55. The van der Waals surface area contributed by atoms with Gasteiger partial charge in [-0.05, 0) is 48.1 Å². The second-order valence-corrected chi connectivity index (χ2v) is 6.13. The first-order chi connectivity index (χ1) is 8.33. The Hall–Kier alpha value is -0.670. The number of thiophene rings is 1. The van der Waals surface area contributed by atoms with E-state index in [9.17, 15) is 4.79 Å². The van der Waals surface area contributed by atoms with Gasteiger partial charge >= 0.3 is 0 Å². The molecular weight excluding hydrogens is 230 g/mol. The number of Topliss-reactive ketones (excluding diaryl/α,β-unsaturated/α-hetero) is 1. The lowest BCUT2D eigenvalue weighted by Crippen LogP contribution is -2.32. The zero-order valence-electron chi connectivity index (χ0n) is 10.1. The summed E-state index contributed by atoms with van der Waals surface area (Å²) >= 11 is 1.76. The third kappa shape index (κ3) is 2.78. The highest BCUT2D eigenvalue weighted by Crippen LogP contribution is 2.32. The van der Waals surface area contributed by atoms with Gasteiger partial charge in [0.25, 0.3) is 0 Å². The average molecular weight is 249 g/mol. The van der Waals surface area contributed by atoms with Gasteiger partial charge in [0.1, 0.15) is 5.78 Å². The van der Waals surface area contributed by atoms with Crippen molar-refractivity contribution in [2.24, 2.45) is 5.92 Å². The van der Waals surface area contributed by atoms with Crippen molar-refractivity contribution < 1.29 is 4.79 Å². The van der Waals surface area contributed by atoms with Crippen molar-refractivity contribution >= 4 is 17.1 Å². The Morgan fingerprint density at radius 3 is 2.82 bits per heavy atom. The summed E-state index contributed by atoms with van der Waals surface area (Å²) in [6.45, 7) is 2.04. The minimum atomic E-state index is 0.328. The molecule has 3 heteroatoms. The minimum Gasteiger partial charge on any atom is -0.299 e. The lowest BCUT2D eigenvalue weighted by molar-refractivity contribution is -0.121. The van der Waals surface area contributed by atoms with Crippen LogP contribution in [0.2, 0.25) is 0 Å². The molecule has 92 valence electrons. The van der Waals surface area contributed by atoms with Crippen LogP contribution in [0.4, 0.5) is 0 Å². The Morgan fingerprint density at radius 1 is 1.35 bits per heavy atom. The van der Waals surface area contributed by atoms with E-state index in [1.54, 1.807) is 11.3 Å². The molecule has 0 radical (unpaired) electrons. The summed E-state index contributed by atoms with van der Waals surface area (Å²) in [5.41, 5.74) is 1.41. The first kappa shape index (κ1) is 11.4. The Kier molecular flexibility index (Phi) is 3.30. The van der Waals surface area contributed by atoms with Crippen LogP contribution in [0.5, 0.6) is 0 Å². The van der Waals surface area contributed by atoms with Crippen molar-refractivity contribution in [3.8, 4) is 0 Å². The van der Waals surface area contributed by atoms with E-state index in [4.69, 9.17) is 0 Å². The summed E-state index contributed by atoms with van der Waals surface area (Å²) < 4.78 is 0. The van der Waals surface area contributed by atoms with Crippen molar-refractivity contribution in [2.45, 2.75) is 44.7 Å². The largest absolute Gasteiger partial charge is 0.299 e. The monoisotopic (exact) mass is 249 g/mol. The van der Waals surface area contributed by atoms with E-state index in [2.05, 4.69) is 21.7 Å². The van der Waals surface area contributed by atoms with Gasteiger partial charge in [0.15, 0.2) is 0 Å². The molecule has 2 saturated carbocycles. The van der Waals surface area contributed by atoms with Gasteiger partial charge in [0, 0.05) is 31.5 Å². The second-order valence-electron chi connectivity index (χ2n) is 5.35. The zero-order valence-corrected chi connectivity index (χ0v) is 10.9. The van der Waals surface area contributed by atoms with Gasteiger partial charge < -0.3 is 0 Å². The first-order valence-electron chi connectivity index (χ1n) is 6.61. The Bertz CT molecular complexity index is 383. The maximum Gasteiger partial charge on any atom is 0.137 e. The molecule has 2 fully saturated rings. The van der Waals surface area contributed by atoms with Gasteiger partial charge in [-0.1, -0.05) is 0 Å². The minimum absolute atomic E-state index is 0.328. The van der Waals surface area contributed by atoms with E-state index in [-0.39, 0.29) is 0 Å². The average Bonchev–Trinajstić information content (AvgIpc) is 2.91.